The van der Waals surface area contributed by atoms with Crippen LogP contribution in [0.25, 0.3) is 0 Å². The van der Waals surface area contributed by atoms with Gasteiger partial charge < -0.3 is 9.47 Å². The van der Waals surface area contributed by atoms with Crippen LogP contribution in [0.1, 0.15) is 19.4 Å². The first-order valence-corrected chi connectivity index (χ1v) is 7.19. The van der Waals surface area contributed by atoms with Crippen LogP contribution >= 0.6 is 11.6 Å². The summed E-state index contributed by atoms with van der Waals surface area (Å²) in [6.45, 7) is 9.84. The minimum atomic E-state index is 0.306. The first-order chi connectivity index (χ1) is 9.04. The summed E-state index contributed by atoms with van der Waals surface area (Å²) >= 11 is 5.93. The molecule has 0 amide bonds. The van der Waals surface area contributed by atoms with Crippen molar-refractivity contribution in [2.45, 2.75) is 33.0 Å². The smallest absolute Gasteiger partial charge is 0.122 e. The van der Waals surface area contributed by atoms with Crippen LogP contribution in [0, 0.1) is 6.92 Å². The van der Waals surface area contributed by atoms with Gasteiger partial charge in [-0.05, 0) is 44.5 Å². The van der Waals surface area contributed by atoms with Gasteiger partial charge in [-0.3, -0.25) is 4.90 Å². The number of nitrogens with zero attached hydrogens (tertiary/aromatic N) is 1. The summed E-state index contributed by atoms with van der Waals surface area (Å²) < 4.78 is 11.5. The molecule has 19 heavy (non-hydrogen) atoms. The molecule has 1 aromatic rings. The number of rotatable bonds is 4. The Balaban J connectivity index is 1.80. The molecular weight excluding hydrogens is 262 g/mol. The van der Waals surface area contributed by atoms with E-state index in [4.69, 9.17) is 21.1 Å². The Morgan fingerprint density at radius 3 is 2.63 bits per heavy atom. The van der Waals surface area contributed by atoms with Crippen molar-refractivity contribution in [2.24, 2.45) is 0 Å². The molecule has 0 saturated carbocycles. The molecule has 1 saturated heterocycles. The zero-order valence-electron chi connectivity index (χ0n) is 11.9. The van der Waals surface area contributed by atoms with Crippen molar-refractivity contribution in [1.29, 1.82) is 0 Å². The standard InChI is InChI=1S/C15H22ClNO2/c1-11-8-14(16)4-5-15(11)18-7-6-17-9-12(2)19-13(3)10-17/h4-5,8,12-13H,6-7,9-10H2,1-3H3. The zero-order chi connectivity index (χ0) is 13.8. The highest BCUT2D eigenvalue weighted by Gasteiger charge is 2.21. The van der Waals surface area contributed by atoms with E-state index in [1.165, 1.54) is 0 Å². The first kappa shape index (κ1) is 14.6. The summed E-state index contributed by atoms with van der Waals surface area (Å²) in [4.78, 5) is 2.39. The number of benzene rings is 1. The fourth-order valence-electron chi connectivity index (χ4n) is 2.53. The third kappa shape index (κ3) is 4.37. The molecule has 106 valence electrons. The first-order valence-electron chi connectivity index (χ1n) is 6.81. The van der Waals surface area contributed by atoms with E-state index in [2.05, 4.69) is 18.7 Å². The molecule has 2 atom stereocenters. The maximum absolute atomic E-state index is 5.93. The van der Waals surface area contributed by atoms with Gasteiger partial charge >= 0.3 is 0 Å². The highest BCUT2D eigenvalue weighted by atomic mass is 35.5. The van der Waals surface area contributed by atoms with Crippen molar-refractivity contribution in [1.82, 2.24) is 4.90 Å². The molecule has 0 aromatic heterocycles. The third-order valence-electron chi connectivity index (χ3n) is 3.30. The third-order valence-corrected chi connectivity index (χ3v) is 3.53. The number of hydrogen-bond donors (Lipinski definition) is 0. The SMILES string of the molecule is Cc1cc(Cl)ccc1OCCN1CC(C)OC(C)C1. The highest BCUT2D eigenvalue weighted by Crippen LogP contribution is 2.21. The lowest BCUT2D eigenvalue weighted by atomic mass is 10.2. The van der Waals surface area contributed by atoms with Gasteiger partial charge in [0.1, 0.15) is 12.4 Å². The van der Waals surface area contributed by atoms with Gasteiger partial charge in [-0.1, -0.05) is 11.6 Å². The van der Waals surface area contributed by atoms with E-state index in [1.807, 2.05) is 25.1 Å². The maximum atomic E-state index is 5.93. The average molecular weight is 284 g/mol. The summed E-state index contributed by atoms with van der Waals surface area (Å²) in [5.74, 6) is 0.916. The van der Waals surface area contributed by atoms with Gasteiger partial charge in [-0.2, -0.15) is 0 Å². The molecule has 3 nitrogen and oxygen atoms in total. The van der Waals surface area contributed by atoms with Gasteiger partial charge in [0.25, 0.3) is 0 Å². The molecule has 1 aliphatic heterocycles. The fourth-order valence-corrected chi connectivity index (χ4v) is 2.75. The number of morpholine rings is 1. The largest absolute Gasteiger partial charge is 0.492 e. The number of aryl methyl sites for hydroxylation is 1. The van der Waals surface area contributed by atoms with Gasteiger partial charge in [0.2, 0.25) is 0 Å². The Kier molecular flexibility index (Phi) is 5.08. The monoisotopic (exact) mass is 283 g/mol. The van der Waals surface area contributed by atoms with Crippen LogP contribution in [0.4, 0.5) is 0 Å². The van der Waals surface area contributed by atoms with Gasteiger partial charge in [0.05, 0.1) is 12.2 Å². The predicted octanol–water partition coefficient (Wildman–Crippen LogP) is 3.14. The van der Waals surface area contributed by atoms with Gasteiger partial charge in [0.15, 0.2) is 0 Å². The van der Waals surface area contributed by atoms with Crippen LogP contribution in [-0.2, 0) is 4.74 Å². The maximum Gasteiger partial charge on any atom is 0.122 e. The summed E-state index contributed by atoms with van der Waals surface area (Å²) in [7, 11) is 0. The molecule has 4 heteroatoms. The molecule has 2 unspecified atom stereocenters. The van der Waals surface area contributed by atoms with E-state index in [0.717, 1.165) is 36.0 Å². The number of ether oxygens (including phenoxy) is 2. The molecule has 1 aliphatic rings. The van der Waals surface area contributed by atoms with Gasteiger partial charge in [-0.25, -0.2) is 0 Å². The average Bonchev–Trinajstić information content (AvgIpc) is 2.30. The Morgan fingerprint density at radius 1 is 1.32 bits per heavy atom. The van der Waals surface area contributed by atoms with Crippen molar-refractivity contribution >= 4 is 11.6 Å². The van der Waals surface area contributed by atoms with Crippen molar-refractivity contribution in [3.05, 3.63) is 28.8 Å². The molecule has 2 rings (SSSR count). The van der Waals surface area contributed by atoms with Crippen LogP contribution in [0.15, 0.2) is 18.2 Å². The second-order valence-electron chi connectivity index (χ2n) is 5.28. The van der Waals surface area contributed by atoms with Crippen molar-refractivity contribution in [3.63, 3.8) is 0 Å². The van der Waals surface area contributed by atoms with E-state index in [9.17, 15) is 0 Å². The second-order valence-corrected chi connectivity index (χ2v) is 5.71. The molecule has 1 fully saturated rings. The van der Waals surface area contributed by atoms with Crippen LogP contribution in [0.3, 0.4) is 0 Å². The fraction of sp³-hybridized carbons (Fsp3) is 0.600. The lowest BCUT2D eigenvalue weighted by Crippen LogP contribution is -2.46. The molecule has 0 radical (unpaired) electrons. The van der Waals surface area contributed by atoms with Crippen molar-refractivity contribution in [2.75, 3.05) is 26.2 Å². The minimum absolute atomic E-state index is 0.306. The summed E-state index contributed by atoms with van der Waals surface area (Å²) in [5, 5.41) is 0.751. The van der Waals surface area contributed by atoms with Gasteiger partial charge in [-0.15, -0.1) is 0 Å². The zero-order valence-corrected chi connectivity index (χ0v) is 12.6. The summed E-state index contributed by atoms with van der Waals surface area (Å²) in [6, 6.07) is 5.72. The van der Waals surface area contributed by atoms with Crippen LogP contribution in [-0.4, -0.2) is 43.3 Å². The van der Waals surface area contributed by atoms with E-state index in [0.29, 0.717) is 18.8 Å². The highest BCUT2D eigenvalue weighted by molar-refractivity contribution is 6.30. The quantitative estimate of drug-likeness (QED) is 0.847. The number of hydrogen-bond acceptors (Lipinski definition) is 3. The van der Waals surface area contributed by atoms with E-state index >= 15 is 0 Å². The van der Waals surface area contributed by atoms with Gasteiger partial charge in [0, 0.05) is 24.7 Å². The van der Waals surface area contributed by atoms with E-state index < -0.39 is 0 Å². The Morgan fingerprint density at radius 2 is 2.00 bits per heavy atom. The van der Waals surface area contributed by atoms with Crippen molar-refractivity contribution in [3.8, 4) is 5.75 Å². The molecule has 0 bridgehead atoms. The summed E-state index contributed by atoms with van der Waals surface area (Å²) in [5.41, 5.74) is 1.08. The lowest BCUT2D eigenvalue weighted by molar-refractivity contribution is -0.0699. The van der Waals surface area contributed by atoms with E-state index in [-0.39, 0.29) is 0 Å². The normalized spacial score (nSPS) is 24.4. The minimum Gasteiger partial charge on any atom is -0.492 e. The second kappa shape index (κ2) is 6.60. The van der Waals surface area contributed by atoms with E-state index in [1.54, 1.807) is 0 Å². The molecule has 0 spiro atoms. The molecular formula is C15H22ClNO2. The predicted molar refractivity (Wildman–Crippen MR) is 78.1 cm³/mol. The molecule has 0 N–H and O–H groups in total. The Bertz CT molecular complexity index is 415. The van der Waals surface area contributed by atoms with Crippen molar-refractivity contribution < 1.29 is 9.47 Å². The number of halogens is 1. The van der Waals surface area contributed by atoms with Crippen LogP contribution < -0.4 is 4.74 Å². The Hall–Kier alpha value is -0.770. The van der Waals surface area contributed by atoms with Crippen LogP contribution in [0.2, 0.25) is 5.02 Å². The topological polar surface area (TPSA) is 21.7 Å². The Labute approximate surface area is 120 Å². The molecule has 1 heterocycles. The molecule has 0 aliphatic carbocycles. The molecule has 1 aromatic carbocycles. The summed E-state index contributed by atoms with van der Waals surface area (Å²) in [6.07, 6.45) is 0.613. The van der Waals surface area contributed by atoms with Crippen LogP contribution in [0.5, 0.6) is 5.75 Å². The lowest BCUT2D eigenvalue weighted by Gasteiger charge is -2.35.